The van der Waals surface area contributed by atoms with E-state index in [-0.39, 0.29) is 0 Å². The fraction of sp³-hybridized carbons (Fsp3) is 1.00. The first kappa shape index (κ1) is 17.2. The number of alkyl halides is 12. The predicted octanol–water partition coefficient (Wildman–Crippen LogP) is 4.24. The molecule has 2 aliphatic rings. The van der Waals surface area contributed by atoms with Gasteiger partial charge in [-0.05, 0) is 0 Å². The van der Waals surface area contributed by atoms with Crippen LogP contribution < -0.4 is 0 Å². The second-order valence-electron chi connectivity index (χ2n) is 4.21. The van der Waals surface area contributed by atoms with E-state index in [1.165, 1.54) is 0 Å². The van der Waals surface area contributed by atoms with E-state index in [0.29, 0.717) is 0 Å². The first-order valence-corrected chi connectivity index (χ1v) is 4.69. The molecule has 0 N–H and O–H groups in total. The Balaban J connectivity index is 0.000000200. The fourth-order valence-electron chi connectivity index (χ4n) is 1.30. The summed E-state index contributed by atoms with van der Waals surface area (Å²) in [5, 5.41) is 0. The van der Waals surface area contributed by atoms with Crippen LogP contribution in [0.3, 0.4) is 0 Å². The van der Waals surface area contributed by atoms with Crippen molar-refractivity contribution < 1.29 is 52.7 Å². The molecule has 2 saturated carbocycles. The molecule has 0 spiro atoms. The molecule has 2 atom stereocenters. The van der Waals surface area contributed by atoms with Crippen LogP contribution in [0.1, 0.15) is 6.42 Å². The summed E-state index contributed by atoms with van der Waals surface area (Å²) >= 11 is 0. The van der Waals surface area contributed by atoms with Gasteiger partial charge < -0.3 is 0 Å². The molecule has 0 radical (unpaired) electrons. The summed E-state index contributed by atoms with van der Waals surface area (Å²) in [5.74, 6) is -23.9. The topological polar surface area (TPSA) is 0 Å². The molecule has 20 heavy (non-hydrogen) atoms. The summed E-state index contributed by atoms with van der Waals surface area (Å²) in [6.07, 6.45) is -8.77. The quantitative estimate of drug-likeness (QED) is 0.584. The Labute approximate surface area is 102 Å². The molecule has 12 heteroatoms. The van der Waals surface area contributed by atoms with Gasteiger partial charge in [0.05, 0.1) is 6.42 Å². The Hall–Kier alpha value is -0.840. The fourth-order valence-corrected chi connectivity index (χ4v) is 1.30. The van der Waals surface area contributed by atoms with Gasteiger partial charge in [-0.15, -0.1) is 0 Å². The van der Waals surface area contributed by atoms with E-state index in [9.17, 15) is 52.7 Å². The Morgan fingerprint density at radius 3 is 0.850 bits per heavy atom. The van der Waals surface area contributed by atoms with Crippen molar-refractivity contribution in [2.45, 2.75) is 48.4 Å². The highest BCUT2D eigenvalue weighted by Gasteiger charge is 2.83. The highest BCUT2D eigenvalue weighted by molar-refractivity contribution is 5.12. The van der Waals surface area contributed by atoms with Gasteiger partial charge >= 0.3 is 29.6 Å². The van der Waals surface area contributed by atoms with Crippen molar-refractivity contribution in [1.29, 1.82) is 0 Å². The normalized spacial score (nSPS) is 37.8. The van der Waals surface area contributed by atoms with E-state index in [1.54, 1.807) is 0 Å². The van der Waals surface area contributed by atoms with E-state index in [2.05, 4.69) is 0 Å². The molecule has 2 aliphatic carbocycles. The second kappa shape index (κ2) is 4.09. The molecule has 0 aliphatic heterocycles. The van der Waals surface area contributed by atoms with Crippen LogP contribution in [0.4, 0.5) is 52.7 Å². The summed E-state index contributed by atoms with van der Waals surface area (Å²) in [6, 6.07) is 0. The Kier molecular flexibility index (Phi) is 3.52. The molecule has 120 valence electrons. The smallest absolute Gasteiger partial charge is 0.237 e. The molecule has 0 nitrogen and oxygen atoms in total. The van der Waals surface area contributed by atoms with E-state index >= 15 is 0 Å². The summed E-state index contributed by atoms with van der Waals surface area (Å²) in [6.45, 7) is 0. The van der Waals surface area contributed by atoms with Gasteiger partial charge in [-0.1, -0.05) is 0 Å². The van der Waals surface area contributed by atoms with Crippen molar-refractivity contribution in [1.82, 2.24) is 0 Å². The van der Waals surface area contributed by atoms with Crippen LogP contribution >= 0.6 is 0 Å². The van der Waals surface area contributed by atoms with Crippen molar-refractivity contribution in [3.63, 3.8) is 0 Å². The standard InChI is InChI=1S/2C4H2F6/c5-2(6)1-3(7,8)4(2,9)10;5-1-2(6)4(9,10)3(1,7)8/h1H2;1-2H/t;1-,2-/m.0/s1. The van der Waals surface area contributed by atoms with Gasteiger partial charge in [0.15, 0.2) is 0 Å². The third-order valence-corrected chi connectivity index (χ3v) is 2.76. The van der Waals surface area contributed by atoms with Gasteiger partial charge in [0.25, 0.3) is 0 Å². The van der Waals surface area contributed by atoms with E-state index in [0.717, 1.165) is 0 Å². The highest BCUT2D eigenvalue weighted by atomic mass is 19.4. The molecule has 2 fully saturated rings. The molecule has 0 aromatic carbocycles. The predicted molar refractivity (Wildman–Crippen MR) is 39.1 cm³/mol. The molecule has 0 bridgehead atoms. The van der Waals surface area contributed by atoms with Crippen LogP contribution in [-0.4, -0.2) is 42.0 Å². The third kappa shape index (κ3) is 1.93. The van der Waals surface area contributed by atoms with Gasteiger partial charge in [0, 0.05) is 0 Å². The number of hydrogen-bond acceptors (Lipinski definition) is 0. The van der Waals surface area contributed by atoms with Crippen LogP contribution in [0.15, 0.2) is 0 Å². The highest BCUT2D eigenvalue weighted by Crippen LogP contribution is 2.60. The van der Waals surface area contributed by atoms with Crippen molar-refractivity contribution in [3.05, 3.63) is 0 Å². The van der Waals surface area contributed by atoms with Crippen molar-refractivity contribution >= 4 is 0 Å². The van der Waals surface area contributed by atoms with Crippen LogP contribution in [0.5, 0.6) is 0 Å². The molecule has 0 amide bonds. The summed E-state index contributed by atoms with van der Waals surface area (Å²) in [4.78, 5) is 0. The lowest BCUT2D eigenvalue weighted by Gasteiger charge is -2.42. The van der Waals surface area contributed by atoms with Gasteiger partial charge in [-0.3, -0.25) is 0 Å². The lowest BCUT2D eigenvalue weighted by atomic mass is 9.84. The molecule has 0 heterocycles. The van der Waals surface area contributed by atoms with Crippen LogP contribution in [-0.2, 0) is 0 Å². The van der Waals surface area contributed by atoms with E-state index in [1.807, 2.05) is 0 Å². The maximum atomic E-state index is 11.6. The monoisotopic (exact) mass is 328 g/mol. The van der Waals surface area contributed by atoms with Crippen LogP contribution in [0.25, 0.3) is 0 Å². The minimum atomic E-state index is -5.15. The molecule has 2 rings (SSSR count). The average molecular weight is 328 g/mol. The lowest BCUT2D eigenvalue weighted by molar-refractivity contribution is -0.396. The first-order valence-electron chi connectivity index (χ1n) is 4.69. The molecule has 0 aromatic heterocycles. The SMILES string of the molecule is FC1(F)CC(F)(F)C1(F)F.F[C@H]1[C@H](F)C(F)(F)C1(F)F. The van der Waals surface area contributed by atoms with E-state index in [4.69, 9.17) is 0 Å². The van der Waals surface area contributed by atoms with Crippen LogP contribution in [0, 0.1) is 0 Å². The minimum Gasteiger partial charge on any atom is -0.237 e. The Morgan fingerprint density at radius 2 is 0.800 bits per heavy atom. The Morgan fingerprint density at radius 1 is 0.550 bits per heavy atom. The van der Waals surface area contributed by atoms with Gasteiger partial charge in [0.1, 0.15) is 0 Å². The molecular formula is C8H4F12. The largest absolute Gasteiger partial charge is 0.372 e. The number of rotatable bonds is 0. The van der Waals surface area contributed by atoms with Gasteiger partial charge in [0.2, 0.25) is 12.3 Å². The zero-order valence-electron chi connectivity index (χ0n) is 8.90. The zero-order chi connectivity index (χ0) is 16.4. The average Bonchev–Trinajstić information content (AvgIpc) is 2.25. The van der Waals surface area contributed by atoms with Crippen molar-refractivity contribution in [2.75, 3.05) is 0 Å². The minimum absolute atomic E-state index is 2.05. The van der Waals surface area contributed by atoms with Gasteiger partial charge in [-0.2, -0.15) is 43.9 Å². The van der Waals surface area contributed by atoms with Crippen LogP contribution in [0.2, 0.25) is 0 Å². The second-order valence-corrected chi connectivity index (χ2v) is 4.21. The first-order chi connectivity index (χ1) is 8.52. The Bertz CT molecular complexity index is 351. The maximum absolute atomic E-state index is 11.6. The summed E-state index contributed by atoms with van der Waals surface area (Å²) in [5.41, 5.74) is 0. The molecule has 0 unspecified atom stereocenters. The van der Waals surface area contributed by atoms with Crippen molar-refractivity contribution in [3.8, 4) is 0 Å². The van der Waals surface area contributed by atoms with Crippen molar-refractivity contribution in [2.24, 2.45) is 0 Å². The molecular weight excluding hydrogens is 324 g/mol. The molecule has 0 saturated heterocycles. The number of halogens is 12. The summed E-state index contributed by atoms with van der Waals surface area (Å²) in [7, 11) is 0. The number of hydrogen-bond donors (Lipinski definition) is 0. The zero-order valence-corrected chi connectivity index (χ0v) is 8.90. The summed E-state index contributed by atoms with van der Waals surface area (Å²) < 4.78 is 139. The third-order valence-electron chi connectivity index (χ3n) is 2.76. The van der Waals surface area contributed by atoms with E-state index < -0.39 is 48.4 Å². The maximum Gasteiger partial charge on any atom is 0.372 e. The van der Waals surface area contributed by atoms with Gasteiger partial charge in [-0.25, -0.2) is 8.78 Å². The lowest BCUT2D eigenvalue weighted by Crippen LogP contribution is -2.70. The molecule has 0 aromatic rings.